The van der Waals surface area contributed by atoms with Gasteiger partial charge in [0, 0.05) is 31.0 Å². The summed E-state index contributed by atoms with van der Waals surface area (Å²) in [6.07, 6.45) is 3.27. The molecule has 0 aliphatic carbocycles. The molecule has 0 unspecified atom stereocenters. The molecule has 0 saturated heterocycles. The van der Waals surface area contributed by atoms with Gasteiger partial charge in [0.1, 0.15) is 5.75 Å². The molecule has 0 aliphatic heterocycles. The van der Waals surface area contributed by atoms with Gasteiger partial charge in [-0.1, -0.05) is 46.5 Å². The van der Waals surface area contributed by atoms with Gasteiger partial charge in [-0.05, 0) is 53.8 Å². The molecule has 0 saturated carbocycles. The molecule has 1 aromatic heterocycles. The number of carbonyl (C=O) groups excluding carboxylic acids is 1. The van der Waals surface area contributed by atoms with Gasteiger partial charge < -0.3 is 9.64 Å². The maximum Gasteiger partial charge on any atom is 0.415 e. The van der Waals surface area contributed by atoms with Crippen LogP contribution in [0.5, 0.6) is 5.75 Å². The van der Waals surface area contributed by atoms with Crippen LogP contribution in [0.2, 0.25) is 19.6 Å². The number of benzene rings is 1. The van der Waals surface area contributed by atoms with E-state index >= 15 is 0 Å². The van der Waals surface area contributed by atoms with E-state index in [0.717, 1.165) is 11.1 Å². The maximum atomic E-state index is 12.8. The Kier molecular flexibility index (Phi) is 6.70. The van der Waals surface area contributed by atoms with E-state index in [9.17, 15) is 4.79 Å². The number of aromatic nitrogens is 1. The minimum atomic E-state index is -1.79. The summed E-state index contributed by atoms with van der Waals surface area (Å²) < 4.78 is 6.07. The summed E-state index contributed by atoms with van der Waals surface area (Å²) in [7, 11) is -1.79. The molecule has 5 heteroatoms. The fraction of sp³-hybridized carbons (Fsp3) is 0.478. The van der Waals surface area contributed by atoms with Crippen molar-refractivity contribution in [2.75, 3.05) is 13.1 Å². The number of hydrogen-bond donors (Lipinski definition) is 0. The van der Waals surface area contributed by atoms with Crippen molar-refractivity contribution in [1.82, 2.24) is 9.88 Å². The summed E-state index contributed by atoms with van der Waals surface area (Å²) in [6, 6.07) is 8.38. The minimum Gasteiger partial charge on any atom is -0.410 e. The van der Waals surface area contributed by atoms with E-state index in [4.69, 9.17) is 4.74 Å². The number of ether oxygens (including phenoxy) is 1. The molecule has 1 amide bonds. The molecule has 0 atom stereocenters. The van der Waals surface area contributed by atoms with Gasteiger partial charge in [0.2, 0.25) is 0 Å². The van der Waals surface area contributed by atoms with E-state index < -0.39 is 8.07 Å². The quantitative estimate of drug-likeness (QED) is 0.631. The molecule has 0 spiro atoms. The van der Waals surface area contributed by atoms with Gasteiger partial charge >= 0.3 is 6.09 Å². The Bertz CT molecular complexity index is 817. The van der Waals surface area contributed by atoms with Crippen LogP contribution < -0.4 is 9.92 Å². The van der Waals surface area contributed by atoms with Crippen LogP contribution in [0.15, 0.2) is 36.7 Å². The van der Waals surface area contributed by atoms with Crippen molar-refractivity contribution in [3.8, 4) is 16.9 Å². The molecule has 0 aliphatic rings. The number of nitrogens with zero attached hydrogens (tertiary/aromatic N) is 2. The van der Waals surface area contributed by atoms with Crippen LogP contribution >= 0.6 is 0 Å². The Hall–Kier alpha value is -2.14. The van der Waals surface area contributed by atoms with Crippen molar-refractivity contribution in [1.29, 1.82) is 0 Å². The molecule has 1 aromatic carbocycles. The zero-order valence-corrected chi connectivity index (χ0v) is 19.6. The smallest absolute Gasteiger partial charge is 0.410 e. The summed E-state index contributed by atoms with van der Waals surface area (Å²) in [5.41, 5.74) is 3.23. The summed E-state index contributed by atoms with van der Waals surface area (Å²) in [5, 5.41) is 1.17. The molecular formula is C23H34N2O2Si. The van der Waals surface area contributed by atoms with Crippen molar-refractivity contribution >= 4 is 19.4 Å². The highest BCUT2D eigenvalue weighted by Crippen LogP contribution is 2.35. The van der Waals surface area contributed by atoms with E-state index in [-0.39, 0.29) is 11.5 Å². The summed E-state index contributed by atoms with van der Waals surface area (Å²) in [4.78, 5) is 18.7. The monoisotopic (exact) mass is 398 g/mol. The molecule has 4 nitrogen and oxygen atoms in total. The third-order valence-electron chi connectivity index (χ3n) is 4.97. The van der Waals surface area contributed by atoms with Gasteiger partial charge in [0.15, 0.2) is 0 Å². The molecule has 2 aromatic rings. The molecule has 0 fully saturated rings. The SMILES string of the molecule is CCN(CC)C(=O)Oc1c(-c2ccncc2)cc(C(C)(C)C)cc1[Si](C)(C)C. The van der Waals surface area contributed by atoms with Crippen molar-refractivity contribution in [2.45, 2.75) is 59.7 Å². The van der Waals surface area contributed by atoms with E-state index in [0.29, 0.717) is 18.8 Å². The highest BCUT2D eigenvalue weighted by atomic mass is 28.3. The van der Waals surface area contributed by atoms with Crippen molar-refractivity contribution < 1.29 is 9.53 Å². The lowest BCUT2D eigenvalue weighted by atomic mass is 9.85. The third-order valence-corrected chi connectivity index (χ3v) is 6.95. The van der Waals surface area contributed by atoms with E-state index in [1.54, 1.807) is 17.3 Å². The van der Waals surface area contributed by atoms with Crippen LogP contribution in [0.1, 0.15) is 40.2 Å². The molecular weight excluding hydrogens is 364 g/mol. The van der Waals surface area contributed by atoms with Crippen molar-refractivity contribution in [2.24, 2.45) is 0 Å². The fourth-order valence-electron chi connectivity index (χ4n) is 3.11. The van der Waals surface area contributed by atoms with Gasteiger partial charge in [0.25, 0.3) is 0 Å². The highest BCUT2D eigenvalue weighted by molar-refractivity contribution is 6.89. The topological polar surface area (TPSA) is 42.4 Å². The Labute approximate surface area is 171 Å². The van der Waals surface area contributed by atoms with Gasteiger partial charge in [-0.15, -0.1) is 0 Å². The fourth-order valence-corrected chi connectivity index (χ4v) is 4.56. The Morgan fingerprint density at radius 2 is 1.64 bits per heavy atom. The average molecular weight is 399 g/mol. The number of pyridine rings is 1. The van der Waals surface area contributed by atoms with Crippen molar-refractivity contribution in [3.05, 3.63) is 42.2 Å². The lowest BCUT2D eigenvalue weighted by molar-refractivity contribution is 0.158. The first kappa shape index (κ1) is 22.1. The van der Waals surface area contributed by atoms with Crippen LogP contribution in [0.4, 0.5) is 4.79 Å². The lowest BCUT2D eigenvalue weighted by Crippen LogP contribution is -2.42. The van der Waals surface area contributed by atoms with Crippen LogP contribution in [0, 0.1) is 0 Å². The number of carbonyl (C=O) groups is 1. The second kappa shape index (κ2) is 8.48. The largest absolute Gasteiger partial charge is 0.415 e. The number of hydrogen-bond acceptors (Lipinski definition) is 3. The Balaban J connectivity index is 2.77. The molecule has 0 radical (unpaired) electrons. The van der Waals surface area contributed by atoms with E-state index in [1.807, 2.05) is 26.0 Å². The second-order valence-corrected chi connectivity index (χ2v) is 14.2. The summed E-state index contributed by atoms with van der Waals surface area (Å²) in [6.45, 7) is 18.7. The predicted molar refractivity (Wildman–Crippen MR) is 120 cm³/mol. The van der Waals surface area contributed by atoms with Crippen LogP contribution in [0.3, 0.4) is 0 Å². The van der Waals surface area contributed by atoms with Gasteiger partial charge in [-0.25, -0.2) is 4.79 Å². The third kappa shape index (κ3) is 5.01. The molecule has 152 valence electrons. The van der Waals surface area contributed by atoms with Gasteiger partial charge in [-0.2, -0.15) is 0 Å². The normalized spacial score (nSPS) is 12.0. The lowest BCUT2D eigenvalue weighted by Gasteiger charge is -2.29. The average Bonchev–Trinajstić information content (AvgIpc) is 2.61. The zero-order valence-electron chi connectivity index (χ0n) is 18.6. The number of amides is 1. The van der Waals surface area contributed by atoms with Crippen LogP contribution in [0.25, 0.3) is 11.1 Å². The first-order valence-electron chi connectivity index (χ1n) is 10.0. The van der Waals surface area contributed by atoms with Gasteiger partial charge in [0.05, 0.1) is 8.07 Å². The van der Waals surface area contributed by atoms with Crippen molar-refractivity contribution in [3.63, 3.8) is 0 Å². The molecule has 2 rings (SSSR count). The molecule has 0 bridgehead atoms. The Morgan fingerprint density at radius 3 is 2.11 bits per heavy atom. The summed E-state index contributed by atoms with van der Waals surface area (Å²) >= 11 is 0. The van der Waals surface area contributed by atoms with Crippen LogP contribution in [-0.2, 0) is 5.41 Å². The summed E-state index contributed by atoms with van der Waals surface area (Å²) in [5.74, 6) is 0.704. The first-order chi connectivity index (χ1) is 13.0. The maximum absolute atomic E-state index is 12.8. The molecule has 0 N–H and O–H groups in total. The second-order valence-electron chi connectivity index (χ2n) is 9.18. The first-order valence-corrected chi connectivity index (χ1v) is 13.5. The minimum absolute atomic E-state index is 0.00239. The van der Waals surface area contributed by atoms with E-state index in [2.05, 4.69) is 57.5 Å². The van der Waals surface area contributed by atoms with Gasteiger partial charge in [-0.3, -0.25) is 4.98 Å². The predicted octanol–water partition coefficient (Wildman–Crippen LogP) is 5.43. The van der Waals surface area contributed by atoms with Crippen LogP contribution in [-0.4, -0.2) is 37.1 Å². The number of rotatable bonds is 5. The zero-order chi connectivity index (χ0) is 21.1. The molecule has 28 heavy (non-hydrogen) atoms. The highest BCUT2D eigenvalue weighted by Gasteiger charge is 2.29. The van der Waals surface area contributed by atoms with E-state index in [1.165, 1.54) is 10.8 Å². The standard InChI is InChI=1S/C23H34N2O2Si/c1-9-25(10-2)22(26)27-21-19(17-11-13-24-14-12-17)15-18(23(3,4)5)16-20(21)28(6,7)8/h11-16H,9-10H2,1-8H3. The Morgan fingerprint density at radius 1 is 1.07 bits per heavy atom. The molecule has 1 heterocycles.